The maximum absolute atomic E-state index is 11.2. The Kier molecular flexibility index (Phi) is 5.55. The fraction of sp³-hybridized carbons (Fsp3) is 1.00. The highest BCUT2D eigenvalue weighted by Gasteiger charge is 2.25. The maximum Gasteiger partial charge on any atom is 0.390 e. The van der Waals surface area contributed by atoms with Gasteiger partial charge in [0.25, 0.3) is 10.1 Å². The quantitative estimate of drug-likeness (QED) is 0.372. The third kappa shape index (κ3) is 10.5. The molecule has 10 heteroatoms. The summed E-state index contributed by atoms with van der Waals surface area (Å²) >= 11 is 0. The van der Waals surface area contributed by atoms with E-state index >= 15 is 0 Å². The van der Waals surface area contributed by atoms with Gasteiger partial charge in [0.15, 0.2) is 0 Å². The van der Waals surface area contributed by atoms with Crippen LogP contribution in [0.1, 0.15) is 0 Å². The van der Waals surface area contributed by atoms with E-state index in [1.165, 1.54) is 0 Å². The zero-order chi connectivity index (χ0) is 13.0. The van der Waals surface area contributed by atoms with E-state index in [1.807, 2.05) is 0 Å². The third-order valence-electron chi connectivity index (χ3n) is 0.960. The highest BCUT2D eigenvalue weighted by Crippen LogP contribution is 2.09. The van der Waals surface area contributed by atoms with Crippen molar-refractivity contribution in [2.45, 2.75) is 19.6 Å². The van der Waals surface area contributed by atoms with E-state index < -0.39 is 35.4 Å². The number of rotatable bonds is 7. The van der Waals surface area contributed by atoms with E-state index in [9.17, 15) is 16.8 Å². The van der Waals surface area contributed by atoms with Crippen molar-refractivity contribution in [1.82, 2.24) is 0 Å². The van der Waals surface area contributed by atoms with Gasteiger partial charge in [0, 0.05) is 0 Å². The molecule has 0 spiro atoms. The molecule has 0 aromatic carbocycles. The van der Waals surface area contributed by atoms with Crippen molar-refractivity contribution in [3.8, 4) is 0 Å². The van der Waals surface area contributed by atoms with E-state index in [2.05, 4.69) is 8.37 Å². The molecule has 0 N–H and O–H groups in total. The lowest BCUT2D eigenvalue weighted by Crippen LogP contribution is -2.30. The summed E-state index contributed by atoms with van der Waals surface area (Å²) in [6, 6.07) is 0. The molecule has 0 aliphatic rings. The Hall–Kier alpha value is -0.00312. The minimum Gasteiger partial charge on any atom is -0.294 e. The molecule has 0 fully saturated rings. The Labute approximate surface area is 97.3 Å². The van der Waals surface area contributed by atoms with E-state index in [4.69, 9.17) is 3.87 Å². The average molecular weight is 292 g/mol. The molecule has 0 bridgehead atoms. The first-order valence-electron chi connectivity index (χ1n) is 4.36. The van der Waals surface area contributed by atoms with Gasteiger partial charge in [-0.25, -0.2) is 4.18 Å². The van der Waals surface area contributed by atoms with E-state index in [0.717, 1.165) is 6.26 Å². The summed E-state index contributed by atoms with van der Waals surface area (Å²) in [6.07, 6.45) is 0.861. The normalized spacial score (nSPS) is 14.0. The predicted molar refractivity (Wildman–Crippen MR) is 60.1 cm³/mol. The van der Waals surface area contributed by atoms with Crippen LogP contribution >= 0.6 is 0 Å². The Morgan fingerprint density at radius 1 is 0.938 bits per heavy atom. The molecule has 7 nitrogen and oxygen atoms in total. The Morgan fingerprint density at radius 3 is 1.75 bits per heavy atom. The maximum atomic E-state index is 11.2. The van der Waals surface area contributed by atoms with E-state index in [-0.39, 0.29) is 6.61 Å². The molecule has 0 heterocycles. The van der Waals surface area contributed by atoms with Crippen molar-refractivity contribution >= 4 is 28.8 Å². The van der Waals surface area contributed by atoms with Crippen molar-refractivity contribution in [3.63, 3.8) is 0 Å². The van der Waals surface area contributed by atoms with Crippen LogP contribution in [0.2, 0.25) is 19.6 Å². The fourth-order valence-electron chi connectivity index (χ4n) is 0.652. The zero-order valence-electron chi connectivity index (χ0n) is 9.59. The van der Waals surface area contributed by atoms with E-state index in [0.29, 0.717) is 0 Å². The smallest absolute Gasteiger partial charge is 0.294 e. The van der Waals surface area contributed by atoms with Crippen molar-refractivity contribution in [3.05, 3.63) is 0 Å². The lowest BCUT2D eigenvalue weighted by Gasteiger charge is -2.15. The average Bonchev–Trinajstić information content (AvgIpc) is 1.91. The van der Waals surface area contributed by atoms with Gasteiger partial charge in [-0.15, -0.1) is 0 Å². The molecular formula is C6H16O7S2Si. The fourth-order valence-corrected chi connectivity index (χ4v) is 3.94. The minimum absolute atomic E-state index is 0.368. The minimum atomic E-state index is -4.07. The third-order valence-corrected chi connectivity index (χ3v) is 4.83. The van der Waals surface area contributed by atoms with Gasteiger partial charge >= 0.3 is 10.4 Å². The van der Waals surface area contributed by atoms with Gasteiger partial charge < -0.3 is 0 Å². The second kappa shape index (κ2) is 5.56. The van der Waals surface area contributed by atoms with Crippen LogP contribution < -0.4 is 0 Å². The van der Waals surface area contributed by atoms with Crippen LogP contribution in [0.5, 0.6) is 0 Å². The summed E-state index contributed by atoms with van der Waals surface area (Å²) in [6.45, 7) is 4.27. The van der Waals surface area contributed by atoms with Gasteiger partial charge in [0.2, 0.25) is 8.32 Å². The van der Waals surface area contributed by atoms with Crippen LogP contribution in [-0.4, -0.2) is 44.6 Å². The number of hydrogen-bond acceptors (Lipinski definition) is 7. The first-order valence-corrected chi connectivity index (χ1v) is 10.9. The monoisotopic (exact) mass is 292 g/mol. The van der Waals surface area contributed by atoms with Crippen molar-refractivity contribution in [2.24, 2.45) is 0 Å². The lowest BCUT2D eigenvalue weighted by atomic mass is 10.8. The molecule has 0 unspecified atom stereocenters. The molecular weight excluding hydrogens is 276 g/mol. The lowest BCUT2D eigenvalue weighted by molar-refractivity contribution is 0.207. The molecule has 0 aromatic heterocycles. The molecule has 0 rings (SSSR count). The molecule has 0 saturated carbocycles. The van der Waals surface area contributed by atoms with Gasteiger partial charge in [-0.05, 0) is 19.6 Å². The first-order chi connectivity index (χ1) is 6.91. The summed E-state index contributed by atoms with van der Waals surface area (Å²) in [7, 11) is -9.92. The standard InChI is InChI=1S/C6H16O7S2Si/c1-14(7,8)11-5-6-12-15(9,10)13-16(2,3)4/h5-6H2,1-4H3. The van der Waals surface area contributed by atoms with Gasteiger partial charge in [0.1, 0.15) is 0 Å². The van der Waals surface area contributed by atoms with Crippen molar-refractivity contribution in [1.29, 1.82) is 0 Å². The molecule has 0 aliphatic carbocycles. The summed E-state index contributed by atoms with van der Waals surface area (Å²) < 4.78 is 56.8. The molecule has 16 heavy (non-hydrogen) atoms. The molecule has 0 aliphatic heterocycles. The Bertz CT molecular complexity index is 405. The van der Waals surface area contributed by atoms with E-state index in [1.54, 1.807) is 19.6 Å². The first kappa shape index (κ1) is 16.0. The topological polar surface area (TPSA) is 96.0 Å². The Balaban J connectivity index is 4.03. The molecule has 0 saturated heterocycles. The SMILES string of the molecule is C[Si](C)(C)OS(=O)(=O)OCCOS(C)(=O)=O. The second-order valence-corrected chi connectivity index (χ2v) is 11.5. The second-order valence-electron chi connectivity index (χ2n) is 3.95. The van der Waals surface area contributed by atoms with Crippen LogP contribution in [0.25, 0.3) is 0 Å². The van der Waals surface area contributed by atoms with Crippen molar-refractivity contribution < 1.29 is 29.1 Å². The molecule has 0 aromatic rings. The van der Waals surface area contributed by atoms with Gasteiger partial charge in [-0.1, -0.05) is 0 Å². The largest absolute Gasteiger partial charge is 0.390 e. The van der Waals surface area contributed by atoms with Crippen LogP contribution in [0.4, 0.5) is 0 Å². The molecule has 0 amide bonds. The number of hydrogen-bond donors (Lipinski definition) is 0. The molecule has 0 radical (unpaired) electrons. The van der Waals surface area contributed by atoms with Gasteiger partial charge in [-0.3, -0.25) is 8.06 Å². The zero-order valence-corrected chi connectivity index (χ0v) is 12.2. The highest BCUT2D eigenvalue weighted by atomic mass is 32.3. The summed E-state index contributed by atoms with van der Waals surface area (Å²) in [5.74, 6) is 0. The Morgan fingerprint density at radius 2 is 1.38 bits per heavy atom. The van der Waals surface area contributed by atoms with Crippen LogP contribution in [-0.2, 0) is 32.8 Å². The summed E-state index contributed by atoms with van der Waals surface area (Å²) in [4.78, 5) is 0. The van der Waals surface area contributed by atoms with Crippen molar-refractivity contribution in [2.75, 3.05) is 19.5 Å². The molecule has 0 atom stereocenters. The summed E-state index contributed by atoms with van der Waals surface area (Å²) in [5.41, 5.74) is 0. The highest BCUT2D eigenvalue weighted by molar-refractivity contribution is 7.86. The molecule has 98 valence electrons. The van der Waals surface area contributed by atoms with Gasteiger partial charge in [0.05, 0.1) is 19.5 Å². The van der Waals surface area contributed by atoms with Crippen LogP contribution in [0.15, 0.2) is 0 Å². The summed E-state index contributed by atoms with van der Waals surface area (Å²) in [5, 5.41) is 0. The predicted octanol–water partition coefficient (Wildman–Crippen LogP) is 0.0755. The van der Waals surface area contributed by atoms with Gasteiger partial charge in [-0.2, -0.15) is 16.8 Å². The van der Waals surface area contributed by atoms with Crippen LogP contribution in [0, 0.1) is 0 Å². The van der Waals surface area contributed by atoms with Crippen LogP contribution in [0.3, 0.4) is 0 Å².